The first-order chi connectivity index (χ1) is 10.9. The molecule has 0 saturated carbocycles. The molecule has 4 nitrogen and oxygen atoms in total. The lowest BCUT2D eigenvalue weighted by Gasteiger charge is -2.07. The molecule has 0 aliphatic rings. The van der Waals surface area contributed by atoms with Crippen LogP contribution in [0.3, 0.4) is 0 Å². The van der Waals surface area contributed by atoms with Crippen molar-refractivity contribution in [1.82, 2.24) is 5.32 Å². The second-order valence-corrected chi connectivity index (χ2v) is 5.62. The van der Waals surface area contributed by atoms with E-state index in [0.717, 1.165) is 5.56 Å². The van der Waals surface area contributed by atoms with Crippen LogP contribution in [0.1, 0.15) is 5.56 Å². The van der Waals surface area contributed by atoms with Crippen LogP contribution in [-0.2, 0) is 16.0 Å². The molecule has 23 heavy (non-hydrogen) atoms. The molecule has 0 saturated heterocycles. The van der Waals surface area contributed by atoms with Crippen LogP contribution in [0.25, 0.3) is 0 Å². The molecule has 2 N–H and O–H groups in total. The molecule has 7 heteroatoms. The van der Waals surface area contributed by atoms with Gasteiger partial charge in [-0.25, -0.2) is 4.39 Å². The SMILES string of the molecule is O=C(NCCc1ccc(F)cc1)C(=O)Nc1cc(Cl)cc(Cl)c1. The van der Waals surface area contributed by atoms with Gasteiger partial charge in [-0.3, -0.25) is 9.59 Å². The van der Waals surface area contributed by atoms with Crippen LogP contribution in [0, 0.1) is 5.82 Å². The summed E-state index contributed by atoms with van der Waals surface area (Å²) in [6.07, 6.45) is 0.488. The van der Waals surface area contributed by atoms with E-state index in [4.69, 9.17) is 23.2 Å². The van der Waals surface area contributed by atoms with E-state index in [1.807, 2.05) is 0 Å². The number of anilines is 1. The zero-order valence-corrected chi connectivity index (χ0v) is 13.4. The van der Waals surface area contributed by atoms with Gasteiger partial charge in [0.2, 0.25) is 0 Å². The van der Waals surface area contributed by atoms with Crippen LogP contribution in [-0.4, -0.2) is 18.4 Å². The van der Waals surface area contributed by atoms with Crippen molar-refractivity contribution in [3.63, 3.8) is 0 Å². The van der Waals surface area contributed by atoms with Gasteiger partial charge in [0.25, 0.3) is 0 Å². The molecule has 0 aliphatic carbocycles. The van der Waals surface area contributed by atoms with E-state index in [1.54, 1.807) is 12.1 Å². The van der Waals surface area contributed by atoms with Crippen molar-refractivity contribution in [2.24, 2.45) is 0 Å². The Balaban J connectivity index is 1.83. The normalized spacial score (nSPS) is 10.2. The standard InChI is InChI=1S/C16H13Cl2FN2O2/c17-11-7-12(18)9-14(8-11)21-16(23)15(22)20-6-5-10-1-3-13(19)4-2-10/h1-4,7-9H,5-6H2,(H,20,22)(H,21,23). The van der Waals surface area contributed by atoms with Crippen molar-refractivity contribution in [3.05, 3.63) is 63.9 Å². The van der Waals surface area contributed by atoms with Gasteiger partial charge in [0.1, 0.15) is 5.82 Å². The lowest BCUT2D eigenvalue weighted by molar-refractivity contribution is -0.136. The molecular formula is C16H13Cl2FN2O2. The number of benzene rings is 2. The van der Waals surface area contributed by atoms with Gasteiger partial charge in [-0.1, -0.05) is 35.3 Å². The van der Waals surface area contributed by atoms with Crippen molar-refractivity contribution in [3.8, 4) is 0 Å². The highest BCUT2D eigenvalue weighted by molar-refractivity contribution is 6.40. The fourth-order valence-electron chi connectivity index (χ4n) is 1.87. The highest BCUT2D eigenvalue weighted by Crippen LogP contribution is 2.22. The zero-order chi connectivity index (χ0) is 16.8. The number of nitrogens with one attached hydrogen (secondary N) is 2. The van der Waals surface area contributed by atoms with Gasteiger partial charge >= 0.3 is 11.8 Å². The summed E-state index contributed by atoms with van der Waals surface area (Å²) in [7, 11) is 0. The van der Waals surface area contributed by atoms with Crippen molar-refractivity contribution >= 4 is 40.7 Å². The lowest BCUT2D eigenvalue weighted by Crippen LogP contribution is -2.36. The number of carbonyl (C=O) groups is 2. The number of hydrogen-bond donors (Lipinski definition) is 2. The maximum atomic E-state index is 12.8. The van der Waals surface area contributed by atoms with Gasteiger partial charge in [0, 0.05) is 22.3 Å². The Bertz CT molecular complexity index is 700. The quantitative estimate of drug-likeness (QED) is 0.826. The predicted molar refractivity (Wildman–Crippen MR) is 88.2 cm³/mol. The van der Waals surface area contributed by atoms with E-state index in [2.05, 4.69) is 10.6 Å². The molecule has 0 unspecified atom stereocenters. The van der Waals surface area contributed by atoms with E-state index in [1.165, 1.54) is 30.3 Å². The summed E-state index contributed by atoms with van der Waals surface area (Å²) < 4.78 is 12.8. The van der Waals surface area contributed by atoms with E-state index >= 15 is 0 Å². The minimum Gasteiger partial charge on any atom is -0.347 e. The third kappa shape index (κ3) is 5.54. The van der Waals surface area contributed by atoms with Gasteiger partial charge in [-0.2, -0.15) is 0 Å². The smallest absolute Gasteiger partial charge is 0.313 e. The summed E-state index contributed by atoms with van der Waals surface area (Å²) in [5.41, 5.74) is 1.19. The topological polar surface area (TPSA) is 58.2 Å². The molecule has 0 heterocycles. The molecule has 2 rings (SSSR count). The number of amides is 2. The van der Waals surface area contributed by atoms with E-state index in [-0.39, 0.29) is 12.4 Å². The third-order valence-corrected chi connectivity index (χ3v) is 3.38. The zero-order valence-electron chi connectivity index (χ0n) is 11.9. The Kier molecular flexibility index (Phi) is 5.96. The minimum absolute atomic E-state index is 0.258. The van der Waals surface area contributed by atoms with Crippen molar-refractivity contribution < 1.29 is 14.0 Å². The third-order valence-electron chi connectivity index (χ3n) is 2.94. The first kappa shape index (κ1) is 17.2. The van der Waals surface area contributed by atoms with Crippen LogP contribution in [0.5, 0.6) is 0 Å². The fraction of sp³-hybridized carbons (Fsp3) is 0.125. The van der Waals surface area contributed by atoms with Crippen LogP contribution >= 0.6 is 23.2 Å². The molecule has 2 aromatic rings. The largest absolute Gasteiger partial charge is 0.347 e. The van der Waals surface area contributed by atoms with Gasteiger partial charge in [0.05, 0.1) is 0 Å². The van der Waals surface area contributed by atoms with Crippen molar-refractivity contribution in [2.45, 2.75) is 6.42 Å². The van der Waals surface area contributed by atoms with Crippen LogP contribution in [0.4, 0.5) is 10.1 Å². The Labute approximate surface area is 142 Å². The maximum absolute atomic E-state index is 12.8. The molecule has 120 valence electrons. The maximum Gasteiger partial charge on any atom is 0.313 e. The molecule has 0 radical (unpaired) electrons. The van der Waals surface area contributed by atoms with Crippen LogP contribution in [0.15, 0.2) is 42.5 Å². The fourth-order valence-corrected chi connectivity index (χ4v) is 2.39. The Morgan fingerprint density at radius 2 is 1.57 bits per heavy atom. The average molecular weight is 355 g/mol. The molecule has 0 atom stereocenters. The summed E-state index contributed by atoms with van der Waals surface area (Å²) in [5, 5.41) is 5.60. The van der Waals surface area contributed by atoms with E-state index < -0.39 is 11.8 Å². The molecule has 2 aromatic carbocycles. The van der Waals surface area contributed by atoms with Gasteiger partial charge in [-0.15, -0.1) is 0 Å². The number of halogens is 3. The first-order valence-corrected chi connectivity index (χ1v) is 7.49. The molecule has 0 fully saturated rings. The number of rotatable bonds is 4. The highest BCUT2D eigenvalue weighted by atomic mass is 35.5. The van der Waals surface area contributed by atoms with Crippen LogP contribution < -0.4 is 10.6 Å². The van der Waals surface area contributed by atoms with E-state index in [0.29, 0.717) is 22.2 Å². The molecule has 0 aromatic heterocycles. The molecule has 0 aliphatic heterocycles. The average Bonchev–Trinajstić information content (AvgIpc) is 2.48. The van der Waals surface area contributed by atoms with Crippen molar-refractivity contribution in [2.75, 3.05) is 11.9 Å². The van der Waals surface area contributed by atoms with E-state index in [9.17, 15) is 14.0 Å². The minimum atomic E-state index is -0.817. The molecule has 0 spiro atoms. The second kappa shape index (κ2) is 7.94. The lowest BCUT2D eigenvalue weighted by atomic mass is 10.1. The van der Waals surface area contributed by atoms with Gasteiger partial charge in [-0.05, 0) is 42.3 Å². The second-order valence-electron chi connectivity index (χ2n) is 4.74. The van der Waals surface area contributed by atoms with Gasteiger partial charge < -0.3 is 10.6 Å². The number of carbonyl (C=O) groups excluding carboxylic acids is 2. The summed E-state index contributed by atoms with van der Waals surface area (Å²) in [6, 6.07) is 10.4. The van der Waals surface area contributed by atoms with Gasteiger partial charge in [0.15, 0.2) is 0 Å². The molecule has 0 bridgehead atoms. The summed E-state index contributed by atoms with van der Waals surface area (Å²) in [5.74, 6) is -1.91. The van der Waals surface area contributed by atoms with Crippen molar-refractivity contribution in [1.29, 1.82) is 0 Å². The summed E-state index contributed by atoms with van der Waals surface area (Å²) >= 11 is 11.6. The molecular weight excluding hydrogens is 342 g/mol. The summed E-state index contributed by atoms with van der Waals surface area (Å²) in [4.78, 5) is 23.5. The first-order valence-electron chi connectivity index (χ1n) is 6.74. The number of hydrogen-bond acceptors (Lipinski definition) is 2. The molecule has 2 amide bonds. The van der Waals surface area contributed by atoms with Crippen LogP contribution in [0.2, 0.25) is 10.0 Å². The summed E-state index contributed by atoms with van der Waals surface area (Å²) in [6.45, 7) is 0.258. The Hall–Kier alpha value is -2.11. The Morgan fingerprint density at radius 3 is 2.17 bits per heavy atom. The predicted octanol–water partition coefficient (Wildman–Crippen LogP) is 3.43. The Morgan fingerprint density at radius 1 is 0.957 bits per heavy atom. The monoisotopic (exact) mass is 354 g/mol. The highest BCUT2D eigenvalue weighted by Gasteiger charge is 2.13.